The van der Waals surface area contributed by atoms with Gasteiger partial charge in [-0.3, -0.25) is 4.79 Å². The van der Waals surface area contributed by atoms with Crippen molar-refractivity contribution in [1.82, 2.24) is 10.2 Å². The van der Waals surface area contributed by atoms with Crippen molar-refractivity contribution in [2.75, 3.05) is 13.1 Å². The van der Waals surface area contributed by atoms with Crippen molar-refractivity contribution in [2.45, 2.75) is 69.5 Å². The van der Waals surface area contributed by atoms with Crippen molar-refractivity contribution in [3.8, 4) is 0 Å². The van der Waals surface area contributed by atoms with Gasteiger partial charge in [-0.25, -0.2) is 0 Å². The molecule has 3 unspecified atom stereocenters. The van der Waals surface area contributed by atoms with Gasteiger partial charge in [0.1, 0.15) is 0 Å². The van der Waals surface area contributed by atoms with Gasteiger partial charge < -0.3 is 16.0 Å². The van der Waals surface area contributed by atoms with Crippen LogP contribution in [0.15, 0.2) is 0 Å². The van der Waals surface area contributed by atoms with Crippen LogP contribution >= 0.6 is 12.4 Å². The Bertz CT molecular complexity index is 329. The Morgan fingerprint density at radius 3 is 2.55 bits per heavy atom. The van der Waals surface area contributed by atoms with Gasteiger partial charge in [0.05, 0.1) is 0 Å². The zero-order valence-electron chi connectivity index (χ0n) is 12.2. The zero-order valence-corrected chi connectivity index (χ0v) is 13.0. The summed E-state index contributed by atoms with van der Waals surface area (Å²) in [6.07, 6.45) is 9.06. The molecule has 2 aliphatic carbocycles. The second-order valence-corrected chi connectivity index (χ2v) is 6.64. The molecule has 3 aliphatic rings. The predicted octanol–water partition coefficient (Wildman–Crippen LogP) is 1.67. The summed E-state index contributed by atoms with van der Waals surface area (Å²) in [6.45, 7) is 2.04. The molecule has 0 aromatic carbocycles. The first-order chi connectivity index (χ1) is 9.24. The third-order valence-electron chi connectivity index (χ3n) is 4.91. The average molecular weight is 302 g/mol. The van der Waals surface area contributed by atoms with Crippen molar-refractivity contribution in [3.05, 3.63) is 0 Å². The number of nitrogens with two attached hydrogens (primary N) is 1. The number of carbonyl (C=O) groups is 1. The highest BCUT2D eigenvalue weighted by Crippen LogP contribution is 2.32. The normalized spacial score (nSPS) is 33.5. The molecule has 1 saturated heterocycles. The summed E-state index contributed by atoms with van der Waals surface area (Å²) < 4.78 is 0. The third-order valence-corrected chi connectivity index (χ3v) is 4.91. The van der Waals surface area contributed by atoms with Crippen LogP contribution in [0, 0.1) is 5.92 Å². The minimum atomic E-state index is 0. The number of hydrogen-bond donors (Lipinski definition) is 2. The number of amides is 1. The van der Waals surface area contributed by atoms with Crippen LogP contribution in [-0.4, -0.2) is 42.0 Å². The molecular weight excluding hydrogens is 274 g/mol. The van der Waals surface area contributed by atoms with Gasteiger partial charge in [0.15, 0.2) is 0 Å². The Balaban J connectivity index is 0.00000147. The number of nitrogens with zero attached hydrogens (tertiary/aromatic N) is 1. The van der Waals surface area contributed by atoms with Gasteiger partial charge in [-0.1, -0.05) is 6.42 Å². The average Bonchev–Trinajstić information content (AvgIpc) is 3.12. The van der Waals surface area contributed by atoms with Crippen LogP contribution in [-0.2, 0) is 4.79 Å². The molecule has 4 nitrogen and oxygen atoms in total. The maximum atomic E-state index is 12.8. The Morgan fingerprint density at radius 1 is 1.15 bits per heavy atom. The minimum absolute atomic E-state index is 0. The first kappa shape index (κ1) is 16.1. The summed E-state index contributed by atoms with van der Waals surface area (Å²) >= 11 is 0. The molecular formula is C15H28ClN3O. The first-order valence-corrected chi connectivity index (χ1v) is 8.03. The van der Waals surface area contributed by atoms with E-state index in [1.54, 1.807) is 0 Å². The molecule has 116 valence electrons. The summed E-state index contributed by atoms with van der Waals surface area (Å²) in [4.78, 5) is 14.9. The zero-order chi connectivity index (χ0) is 13.2. The van der Waals surface area contributed by atoms with Crippen LogP contribution in [0.2, 0.25) is 0 Å². The van der Waals surface area contributed by atoms with E-state index in [-0.39, 0.29) is 24.4 Å². The molecule has 3 rings (SSSR count). The summed E-state index contributed by atoms with van der Waals surface area (Å²) in [5, 5.41) is 3.52. The SMILES string of the molecule is Cl.NC1CCCC(C(=O)N(CC2CCCN2)C2CC2)C1. The highest BCUT2D eigenvalue weighted by atomic mass is 35.5. The monoisotopic (exact) mass is 301 g/mol. The lowest BCUT2D eigenvalue weighted by atomic mass is 9.85. The summed E-state index contributed by atoms with van der Waals surface area (Å²) in [5.41, 5.74) is 6.04. The molecule has 0 bridgehead atoms. The molecule has 0 radical (unpaired) electrons. The van der Waals surface area contributed by atoms with Crippen molar-refractivity contribution < 1.29 is 4.79 Å². The molecule has 3 atom stereocenters. The fraction of sp³-hybridized carbons (Fsp3) is 0.933. The Kier molecular flexibility index (Phi) is 5.70. The Labute approximate surface area is 128 Å². The van der Waals surface area contributed by atoms with Crippen LogP contribution in [0.1, 0.15) is 51.4 Å². The maximum Gasteiger partial charge on any atom is 0.226 e. The van der Waals surface area contributed by atoms with Crippen LogP contribution < -0.4 is 11.1 Å². The van der Waals surface area contributed by atoms with Gasteiger partial charge in [-0.2, -0.15) is 0 Å². The summed E-state index contributed by atoms with van der Waals surface area (Å²) in [5.74, 6) is 0.595. The van der Waals surface area contributed by atoms with Crippen LogP contribution in [0.25, 0.3) is 0 Å². The van der Waals surface area contributed by atoms with Crippen LogP contribution in [0.5, 0.6) is 0 Å². The van der Waals surface area contributed by atoms with Gasteiger partial charge in [0.2, 0.25) is 5.91 Å². The second-order valence-electron chi connectivity index (χ2n) is 6.64. The van der Waals surface area contributed by atoms with E-state index in [0.29, 0.717) is 18.0 Å². The van der Waals surface area contributed by atoms with E-state index in [4.69, 9.17) is 5.73 Å². The van der Waals surface area contributed by atoms with Gasteiger partial charge >= 0.3 is 0 Å². The standard InChI is InChI=1S/C15H27N3O.ClH/c16-12-4-1-3-11(9-12)15(19)18(14-6-7-14)10-13-5-2-8-17-13;/h11-14,17H,1-10,16H2;1H. The molecule has 3 fully saturated rings. The second kappa shape index (κ2) is 7.10. The molecule has 0 aromatic rings. The van der Waals surface area contributed by atoms with E-state index in [1.165, 1.54) is 25.7 Å². The summed E-state index contributed by atoms with van der Waals surface area (Å²) in [6, 6.07) is 1.31. The molecule has 5 heteroatoms. The van der Waals surface area contributed by atoms with E-state index in [1.807, 2.05) is 0 Å². The highest BCUT2D eigenvalue weighted by molar-refractivity contribution is 5.85. The molecule has 0 aromatic heterocycles. The molecule has 20 heavy (non-hydrogen) atoms. The van der Waals surface area contributed by atoms with E-state index >= 15 is 0 Å². The minimum Gasteiger partial charge on any atom is -0.338 e. The van der Waals surface area contributed by atoms with E-state index < -0.39 is 0 Å². The fourth-order valence-electron chi connectivity index (χ4n) is 3.64. The lowest BCUT2D eigenvalue weighted by molar-refractivity contribution is -0.137. The number of halogens is 1. The van der Waals surface area contributed by atoms with Crippen LogP contribution in [0.4, 0.5) is 0 Å². The Morgan fingerprint density at radius 2 is 1.95 bits per heavy atom. The first-order valence-electron chi connectivity index (χ1n) is 8.03. The smallest absolute Gasteiger partial charge is 0.226 e. The lowest BCUT2D eigenvalue weighted by Crippen LogP contribution is -2.46. The number of rotatable bonds is 4. The third kappa shape index (κ3) is 3.86. The van der Waals surface area contributed by atoms with Gasteiger partial charge in [-0.15, -0.1) is 12.4 Å². The molecule has 1 amide bonds. The molecule has 1 aliphatic heterocycles. The predicted molar refractivity (Wildman–Crippen MR) is 82.9 cm³/mol. The van der Waals surface area contributed by atoms with Crippen molar-refractivity contribution >= 4 is 18.3 Å². The van der Waals surface area contributed by atoms with Gasteiger partial charge in [-0.05, 0) is 51.5 Å². The number of nitrogens with one attached hydrogen (secondary N) is 1. The van der Waals surface area contributed by atoms with Crippen molar-refractivity contribution in [3.63, 3.8) is 0 Å². The van der Waals surface area contributed by atoms with E-state index in [2.05, 4.69) is 10.2 Å². The fourth-order valence-corrected chi connectivity index (χ4v) is 3.64. The maximum absolute atomic E-state index is 12.8. The Hall–Kier alpha value is -0.320. The van der Waals surface area contributed by atoms with E-state index in [9.17, 15) is 4.79 Å². The van der Waals surface area contributed by atoms with E-state index in [0.717, 1.165) is 38.8 Å². The quantitative estimate of drug-likeness (QED) is 0.830. The molecule has 0 spiro atoms. The van der Waals surface area contributed by atoms with Gasteiger partial charge in [0, 0.05) is 30.6 Å². The van der Waals surface area contributed by atoms with Crippen LogP contribution in [0.3, 0.4) is 0 Å². The van der Waals surface area contributed by atoms with Gasteiger partial charge in [0.25, 0.3) is 0 Å². The molecule has 2 saturated carbocycles. The van der Waals surface area contributed by atoms with Crippen molar-refractivity contribution in [1.29, 1.82) is 0 Å². The number of carbonyl (C=O) groups excluding carboxylic acids is 1. The number of hydrogen-bond acceptors (Lipinski definition) is 3. The topological polar surface area (TPSA) is 58.4 Å². The largest absolute Gasteiger partial charge is 0.338 e. The highest BCUT2D eigenvalue weighted by Gasteiger charge is 2.38. The molecule has 1 heterocycles. The van der Waals surface area contributed by atoms with Crippen molar-refractivity contribution in [2.24, 2.45) is 11.7 Å². The summed E-state index contributed by atoms with van der Waals surface area (Å²) in [7, 11) is 0. The molecule has 3 N–H and O–H groups in total. The lowest BCUT2D eigenvalue weighted by Gasteiger charge is -2.33.